The van der Waals surface area contributed by atoms with Gasteiger partial charge in [-0.15, -0.1) is 0 Å². The van der Waals surface area contributed by atoms with Gasteiger partial charge in [-0.2, -0.15) is 0 Å². The Labute approximate surface area is 133 Å². The van der Waals surface area contributed by atoms with Gasteiger partial charge in [0.2, 0.25) is 5.95 Å². The van der Waals surface area contributed by atoms with Crippen LogP contribution < -0.4 is 10.2 Å². The number of rotatable bonds is 9. The van der Waals surface area contributed by atoms with Crippen LogP contribution >= 0.6 is 0 Å². The van der Waals surface area contributed by atoms with Crippen molar-refractivity contribution in [2.45, 2.75) is 26.8 Å². The fourth-order valence-electron chi connectivity index (χ4n) is 2.22. The van der Waals surface area contributed by atoms with Crippen LogP contribution in [-0.2, 0) is 16.0 Å². The molecule has 0 amide bonds. The molecule has 1 aromatic rings. The summed E-state index contributed by atoms with van der Waals surface area (Å²) in [6.45, 7) is 11.0. The van der Waals surface area contributed by atoms with Crippen LogP contribution in [0.4, 0.5) is 5.95 Å². The largest absolute Gasteiger partial charge is 0.381 e. The summed E-state index contributed by atoms with van der Waals surface area (Å²) in [5, 5.41) is 3.40. The molecule has 0 saturated carbocycles. The van der Waals surface area contributed by atoms with E-state index in [1.807, 2.05) is 12.4 Å². The Morgan fingerprint density at radius 1 is 1.27 bits per heavy atom. The lowest BCUT2D eigenvalue weighted by Crippen LogP contribution is -2.37. The van der Waals surface area contributed by atoms with Gasteiger partial charge in [-0.05, 0) is 18.9 Å². The maximum atomic E-state index is 5.55. The van der Waals surface area contributed by atoms with E-state index in [0.29, 0.717) is 5.92 Å². The van der Waals surface area contributed by atoms with Crippen LogP contribution in [-0.4, -0.2) is 56.0 Å². The van der Waals surface area contributed by atoms with Crippen LogP contribution in [0.3, 0.4) is 0 Å². The van der Waals surface area contributed by atoms with Crippen molar-refractivity contribution in [3.63, 3.8) is 0 Å². The van der Waals surface area contributed by atoms with Gasteiger partial charge in [0.25, 0.3) is 0 Å². The summed E-state index contributed by atoms with van der Waals surface area (Å²) >= 11 is 0. The molecule has 0 aliphatic carbocycles. The summed E-state index contributed by atoms with van der Waals surface area (Å²) in [7, 11) is 0. The van der Waals surface area contributed by atoms with Crippen molar-refractivity contribution in [1.82, 2.24) is 15.3 Å². The Kier molecular flexibility index (Phi) is 7.56. The van der Waals surface area contributed by atoms with E-state index < -0.39 is 0 Å². The molecular weight excluding hydrogens is 280 g/mol. The predicted octanol–water partition coefficient (Wildman–Crippen LogP) is 1.47. The highest BCUT2D eigenvalue weighted by Gasteiger charge is 2.13. The van der Waals surface area contributed by atoms with Crippen LogP contribution in [0.1, 0.15) is 25.8 Å². The zero-order valence-corrected chi connectivity index (χ0v) is 13.8. The van der Waals surface area contributed by atoms with Gasteiger partial charge < -0.3 is 19.7 Å². The van der Waals surface area contributed by atoms with Crippen molar-refractivity contribution in [1.29, 1.82) is 0 Å². The van der Waals surface area contributed by atoms with Crippen molar-refractivity contribution >= 4 is 5.95 Å². The zero-order valence-electron chi connectivity index (χ0n) is 13.8. The van der Waals surface area contributed by atoms with Crippen LogP contribution in [0.15, 0.2) is 12.4 Å². The third kappa shape index (κ3) is 6.25. The highest BCUT2D eigenvalue weighted by atomic mass is 16.5. The van der Waals surface area contributed by atoms with Gasteiger partial charge in [0.15, 0.2) is 0 Å². The third-order valence-electron chi connectivity index (χ3n) is 3.41. The molecule has 0 spiro atoms. The first-order chi connectivity index (χ1) is 10.8. The SMILES string of the molecule is CC(C)COCCCNCc1cnc(N2CCOCC2)nc1. The van der Waals surface area contributed by atoms with Gasteiger partial charge in [-0.25, -0.2) is 9.97 Å². The van der Waals surface area contributed by atoms with E-state index >= 15 is 0 Å². The van der Waals surface area contributed by atoms with Crippen LogP contribution in [0.25, 0.3) is 0 Å². The average molecular weight is 308 g/mol. The smallest absolute Gasteiger partial charge is 0.225 e. The Morgan fingerprint density at radius 2 is 2.00 bits per heavy atom. The van der Waals surface area contributed by atoms with Gasteiger partial charge in [0, 0.05) is 50.8 Å². The van der Waals surface area contributed by atoms with E-state index in [0.717, 1.165) is 70.5 Å². The second-order valence-electron chi connectivity index (χ2n) is 5.99. The average Bonchev–Trinajstić information content (AvgIpc) is 2.55. The van der Waals surface area contributed by atoms with Crippen molar-refractivity contribution < 1.29 is 9.47 Å². The maximum Gasteiger partial charge on any atom is 0.225 e. The lowest BCUT2D eigenvalue weighted by atomic mass is 10.2. The van der Waals surface area contributed by atoms with Crippen molar-refractivity contribution in [2.24, 2.45) is 5.92 Å². The number of hydrogen-bond acceptors (Lipinski definition) is 6. The zero-order chi connectivity index (χ0) is 15.6. The van der Waals surface area contributed by atoms with E-state index in [9.17, 15) is 0 Å². The Balaban J connectivity index is 1.60. The number of nitrogens with zero attached hydrogens (tertiary/aromatic N) is 3. The molecule has 124 valence electrons. The van der Waals surface area contributed by atoms with Crippen molar-refractivity contribution in [3.05, 3.63) is 18.0 Å². The fourth-order valence-corrected chi connectivity index (χ4v) is 2.22. The van der Waals surface area contributed by atoms with Gasteiger partial charge >= 0.3 is 0 Å². The molecule has 0 bridgehead atoms. The van der Waals surface area contributed by atoms with E-state index in [1.165, 1.54) is 0 Å². The summed E-state index contributed by atoms with van der Waals surface area (Å²) in [6, 6.07) is 0. The van der Waals surface area contributed by atoms with Crippen LogP contribution in [0.5, 0.6) is 0 Å². The molecule has 0 unspecified atom stereocenters. The normalized spacial score (nSPS) is 15.5. The minimum absolute atomic E-state index is 0.607. The van der Waals surface area contributed by atoms with Crippen molar-refractivity contribution in [2.75, 3.05) is 51.0 Å². The standard InChI is InChI=1S/C16H28N4O2/c1-14(2)13-22-7-3-4-17-10-15-11-18-16(19-12-15)20-5-8-21-9-6-20/h11-12,14,17H,3-10,13H2,1-2H3. The molecule has 1 aliphatic rings. The van der Waals surface area contributed by atoms with Gasteiger partial charge in [0.05, 0.1) is 13.2 Å². The topological polar surface area (TPSA) is 59.5 Å². The molecule has 0 aromatic carbocycles. The maximum absolute atomic E-state index is 5.55. The molecule has 22 heavy (non-hydrogen) atoms. The Morgan fingerprint density at radius 3 is 2.68 bits per heavy atom. The number of anilines is 1. The quantitative estimate of drug-likeness (QED) is 0.697. The molecule has 2 rings (SSSR count). The lowest BCUT2D eigenvalue weighted by molar-refractivity contribution is 0.108. The summed E-state index contributed by atoms with van der Waals surface area (Å²) in [5.74, 6) is 1.41. The minimum Gasteiger partial charge on any atom is -0.381 e. The molecule has 1 N–H and O–H groups in total. The molecule has 1 saturated heterocycles. The molecule has 1 aromatic heterocycles. The molecule has 6 heteroatoms. The molecule has 0 atom stereocenters. The van der Waals surface area contributed by atoms with Crippen LogP contribution in [0, 0.1) is 5.92 Å². The molecule has 0 radical (unpaired) electrons. The lowest BCUT2D eigenvalue weighted by Gasteiger charge is -2.26. The summed E-state index contributed by atoms with van der Waals surface area (Å²) < 4.78 is 10.9. The number of hydrogen-bond donors (Lipinski definition) is 1. The van der Waals surface area contributed by atoms with Gasteiger partial charge in [-0.1, -0.05) is 13.8 Å². The highest BCUT2D eigenvalue weighted by molar-refractivity contribution is 5.30. The van der Waals surface area contributed by atoms with Crippen LogP contribution in [0.2, 0.25) is 0 Å². The molecule has 1 fully saturated rings. The predicted molar refractivity (Wildman–Crippen MR) is 87.0 cm³/mol. The van der Waals surface area contributed by atoms with E-state index in [-0.39, 0.29) is 0 Å². The second-order valence-corrected chi connectivity index (χ2v) is 5.99. The Bertz CT molecular complexity index is 405. The number of nitrogens with one attached hydrogen (secondary N) is 1. The third-order valence-corrected chi connectivity index (χ3v) is 3.41. The summed E-state index contributed by atoms with van der Waals surface area (Å²) in [6.07, 6.45) is 4.83. The summed E-state index contributed by atoms with van der Waals surface area (Å²) in [5.41, 5.74) is 1.11. The summed E-state index contributed by atoms with van der Waals surface area (Å²) in [4.78, 5) is 11.0. The van der Waals surface area contributed by atoms with Gasteiger partial charge in [-0.3, -0.25) is 0 Å². The second kappa shape index (κ2) is 9.71. The number of morpholine rings is 1. The Hall–Kier alpha value is -1.24. The fraction of sp³-hybridized carbons (Fsp3) is 0.750. The number of ether oxygens (including phenoxy) is 2. The molecular formula is C16H28N4O2. The van der Waals surface area contributed by atoms with E-state index in [1.54, 1.807) is 0 Å². The van der Waals surface area contributed by atoms with Crippen molar-refractivity contribution in [3.8, 4) is 0 Å². The first-order valence-electron chi connectivity index (χ1n) is 8.18. The first kappa shape index (κ1) is 17.1. The monoisotopic (exact) mass is 308 g/mol. The molecule has 6 nitrogen and oxygen atoms in total. The minimum atomic E-state index is 0.607. The molecule has 2 heterocycles. The number of aromatic nitrogens is 2. The van der Waals surface area contributed by atoms with E-state index in [4.69, 9.17) is 9.47 Å². The highest BCUT2D eigenvalue weighted by Crippen LogP contribution is 2.09. The van der Waals surface area contributed by atoms with Gasteiger partial charge in [0.1, 0.15) is 0 Å². The van der Waals surface area contributed by atoms with E-state index in [2.05, 4.69) is 34.0 Å². The molecule has 1 aliphatic heterocycles. The first-order valence-corrected chi connectivity index (χ1v) is 8.18.